The molecule has 2 aromatic heterocycles. The molecule has 0 bridgehead atoms. The minimum atomic E-state index is -1.02. The van der Waals surface area contributed by atoms with Gasteiger partial charge in [0, 0.05) is 18.4 Å². The monoisotopic (exact) mass is 376 g/mol. The third kappa shape index (κ3) is 3.15. The molecule has 28 heavy (non-hydrogen) atoms. The summed E-state index contributed by atoms with van der Waals surface area (Å²) in [5.41, 5.74) is 4.08. The zero-order valence-electron chi connectivity index (χ0n) is 15.4. The SMILES string of the molecule is CCC(NC(=O)CCn1c2ccccc2c2nc3ccccc3nc21)C(=O)O. The number of amides is 1. The highest BCUT2D eigenvalue weighted by Gasteiger charge is 2.19. The molecule has 1 unspecified atom stereocenters. The van der Waals surface area contributed by atoms with Gasteiger partial charge in [-0.2, -0.15) is 0 Å². The Hall–Kier alpha value is -3.48. The third-order valence-electron chi connectivity index (χ3n) is 4.86. The summed E-state index contributed by atoms with van der Waals surface area (Å²) in [7, 11) is 0. The third-order valence-corrected chi connectivity index (χ3v) is 4.86. The number of aliphatic carboxylic acids is 1. The second-order valence-corrected chi connectivity index (χ2v) is 6.67. The number of hydrogen-bond donors (Lipinski definition) is 2. The summed E-state index contributed by atoms with van der Waals surface area (Å²) in [5.74, 6) is -1.32. The maximum atomic E-state index is 12.3. The Balaban J connectivity index is 1.72. The quantitative estimate of drug-likeness (QED) is 0.539. The fourth-order valence-electron chi connectivity index (χ4n) is 3.43. The van der Waals surface area contributed by atoms with Crippen molar-refractivity contribution in [1.29, 1.82) is 0 Å². The van der Waals surface area contributed by atoms with Crippen LogP contribution in [0.25, 0.3) is 33.1 Å². The van der Waals surface area contributed by atoms with E-state index in [2.05, 4.69) is 5.32 Å². The molecule has 0 aliphatic carbocycles. The van der Waals surface area contributed by atoms with Crippen LogP contribution in [0.2, 0.25) is 0 Å². The molecule has 0 radical (unpaired) electrons. The van der Waals surface area contributed by atoms with Gasteiger partial charge in [0.2, 0.25) is 5.91 Å². The predicted molar refractivity (Wildman–Crippen MR) is 107 cm³/mol. The molecule has 0 saturated heterocycles. The number of rotatable bonds is 6. The Labute approximate surface area is 161 Å². The Morgan fingerprint density at radius 2 is 1.75 bits per heavy atom. The Kier molecular flexibility index (Phi) is 4.65. The van der Waals surface area contributed by atoms with Crippen molar-refractivity contribution in [1.82, 2.24) is 19.9 Å². The first kappa shape index (κ1) is 17.9. The summed E-state index contributed by atoms with van der Waals surface area (Å²) >= 11 is 0. The maximum Gasteiger partial charge on any atom is 0.326 e. The highest BCUT2D eigenvalue weighted by atomic mass is 16.4. The highest BCUT2D eigenvalue weighted by Crippen LogP contribution is 2.28. The Morgan fingerprint density at radius 3 is 2.46 bits per heavy atom. The van der Waals surface area contributed by atoms with E-state index in [-0.39, 0.29) is 12.3 Å². The van der Waals surface area contributed by atoms with Crippen LogP contribution >= 0.6 is 0 Å². The standard InChI is InChI=1S/C21H20N4O3/c1-2-14(21(27)28)22-18(26)11-12-25-17-10-6-3-7-13(17)19-20(25)24-16-9-5-4-8-15(16)23-19/h3-10,14H,2,11-12H2,1H3,(H,22,26)(H,27,28). The van der Waals surface area contributed by atoms with E-state index in [1.165, 1.54) is 0 Å². The van der Waals surface area contributed by atoms with Crippen LogP contribution < -0.4 is 5.32 Å². The van der Waals surface area contributed by atoms with Crippen LogP contribution in [0, 0.1) is 0 Å². The van der Waals surface area contributed by atoms with Crippen molar-refractivity contribution in [3.63, 3.8) is 0 Å². The van der Waals surface area contributed by atoms with Gasteiger partial charge in [0.1, 0.15) is 11.6 Å². The molecule has 0 fully saturated rings. The topological polar surface area (TPSA) is 97.1 Å². The lowest BCUT2D eigenvalue weighted by Gasteiger charge is -2.13. The summed E-state index contributed by atoms with van der Waals surface area (Å²) in [4.78, 5) is 33.0. The van der Waals surface area contributed by atoms with Gasteiger partial charge in [0.25, 0.3) is 0 Å². The molecule has 1 atom stereocenters. The van der Waals surface area contributed by atoms with Crippen LogP contribution in [0.5, 0.6) is 0 Å². The minimum absolute atomic E-state index is 0.159. The zero-order valence-corrected chi connectivity index (χ0v) is 15.4. The maximum absolute atomic E-state index is 12.3. The molecule has 0 spiro atoms. The average molecular weight is 376 g/mol. The van der Waals surface area contributed by atoms with E-state index in [0.717, 1.165) is 33.1 Å². The molecule has 0 saturated carbocycles. The predicted octanol–water partition coefficient (Wildman–Crippen LogP) is 3.11. The van der Waals surface area contributed by atoms with Crippen LogP contribution in [0.4, 0.5) is 0 Å². The molecular formula is C21H20N4O3. The number of nitrogens with one attached hydrogen (secondary N) is 1. The lowest BCUT2D eigenvalue weighted by molar-refractivity contribution is -0.141. The molecule has 0 aliphatic heterocycles. The summed E-state index contributed by atoms with van der Waals surface area (Å²) in [6.45, 7) is 2.12. The average Bonchev–Trinajstić information content (AvgIpc) is 3.01. The highest BCUT2D eigenvalue weighted by molar-refractivity contribution is 6.06. The van der Waals surface area contributed by atoms with E-state index >= 15 is 0 Å². The van der Waals surface area contributed by atoms with Crippen molar-refractivity contribution in [2.45, 2.75) is 32.4 Å². The lowest BCUT2D eigenvalue weighted by atomic mass is 10.2. The van der Waals surface area contributed by atoms with Gasteiger partial charge in [0.05, 0.1) is 16.6 Å². The first-order valence-electron chi connectivity index (χ1n) is 9.24. The Bertz CT molecular complexity index is 1200. The molecule has 7 heteroatoms. The number of fused-ring (bicyclic) bond motifs is 4. The van der Waals surface area contributed by atoms with Crippen molar-refractivity contribution < 1.29 is 14.7 Å². The van der Waals surface area contributed by atoms with Gasteiger partial charge in [-0.05, 0) is 24.6 Å². The van der Waals surface area contributed by atoms with Crippen LogP contribution in [-0.4, -0.2) is 37.6 Å². The van der Waals surface area contributed by atoms with E-state index in [9.17, 15) is 9.59 Å². The van der Waals surface area contributed by atoms with Gasteiger partial charge < -0.3 is 15.0 Å². The smallest absolute Gasteiger partial charge is 0.326 e. The van der Waals surface area contributed by atoms with Crippen LogP contribution in [-0.2, 0) is 16.1 Å². The van der Waals surface area contributed by atoms with E-state index in [1.807, 2.05) is 53.1 Å². The van der Waals surface area contributed by atoms with Gasteiger partial charge >= 0.3 is 5.97 Å². The van der Waals surface area contributed by atoms with Gasteiger partial charge in [-0.1, -0.05) is 37.3 Å². The first-order chi connectivity index (χ1) is 13.6. The van der Waals surface area contributed by atoms with Crippen molar-refractivity contribution >= 4 is 45.0 Å². The second-order valence-electron chi connectivity index (χ2n) is 6.67. The number of carboxylic acid groups (broad SMARTS) is 1. The molecule has 4 aromatic rings. The molecular weight excluding hydrogens is 356 g/mol. The molecule has 2 heterocycles. The lowest BCUT2D eigenvalue weighted by Crippen LogP contribution is -2.40. The number of carbonyl (C=O) groups is 2. The molecule has 4 rings (SSSR count). The van der Waals surface area contributed by atoms with Crippen LogP contribution in [0.15, 0.2) is 48.5 Å². The van der Waals surface area contributed by atoms with Crippen molar-refractivity contribution in [2.75, 3.05) is 0 Å². The minimum Gasteiger partial charge on any atom is -0.480 e. The summed E-state index contributed by atoms with van der Waals surface area (Å²) in [6.07, 6.45) is 0.500. The van der Waals surface area contributed by atoms with E-state index < -0.39 is 12.0 Å². The largest absolute Gasteiger partial charge is 0.480 e. The molecule has 0 aliphatic rings. The summed E-state index contributed by atoms with van der Waals surface area (Å²) in [5, 5.41) is 12.7. The van der Waals surface area contributed by atoms with Gasteiger partial charge in [-0.15, -0.1) is 0 Å². The van der Waals surface area contributed by atoms with Gasteiger partial charge in [-0.3, -0.25) is 4.79 Å². The summed E-state index contributed by atoms with van der Waals surface area (Å²) < 4.78 is 1.98. The normalized spacial score (nSPS) is 12.5. The van der Waals surface area contributed by atoms with Gasteiger partial charge in [-0.25, -0.2) is 14.8 Å². The second kappa shape index (κ2) is 7.26. The number of benzene rings is 2. The molecule has 2 aromatic carbocycles. The number of carboxylic acids is 1. The fraction of sp³-hybridized carbons (Fsp3) is 0.238. The Morgan fingerprint density at radius 1 is 1.07 bits per heavy atom. The molecule has 2 N–H and O–H groups in total. The van der Waals surface area contributed by atoms with Gasteiger partial charge in [0.15, 0.2) is 5.65 Å². The number of nitrogens with zero attached hydrogens (tertiary/aromatic N) is 3. The number of aryl methyl sites for hydroxylation is 1. The molecule has 1 amide bonds. The fourth-order valence-corrected chi connectivity index (χ4v) is 3.43. The van der Waals surface area contributed by atoms with Crippen molar-refractivity contribution in [3.05, 3.63) is 48.5 Å². The molecule has 142 valence electrons. The number of hydrogen-bond acceptors (Lipinski definition) is 4. The first-order valence-corrected chi connectivity index (χ1v) is 9.24. The van der Waals surface area contributed by atoms with Crippen molar-refractivity contribution in [3.8, 4) is 0 Å². The van der Waals surface area contributed by atoms with E-state index in [4.69, 9.17) is 15.1 Å². The zero-order chi connectivity index (χ0) is 19.7. The number of aromatic nitrogens is 3. The van der Waals surface area contributed by atoms with Crippen LogP contribution in [0.3, 0.4) is 0 Å². The number of carbonyl (C=O) groups excluding carboxylic acids is 1. The number of para-hydroxylation sites is 3. The van der Waals surface area contributed by atoms with Crippen LogP contribution in [0.1, 0.15) is 19.8 Å². The van der Waals surface area contributed by atoms with E-state index in [1.54, 1.807) is 6.92 Å². The van der Waals surface area contributed by atoms with Crippen molar-refractivity contribution in [2.24, 2.45) is 0 Å². The molecule has 7 nitrogen and oxygen atoms in total. The summed E-state index contributed by atoms with van der Waals surface area (Å²) in [6, 6.07) is 14.7. The van der Waals surface area contributed by atoms with E-state index in [0.29, 0.717) is 13.0 Å².